The number of hydrogen-bond donors (Lipinski definition) is 1. The molecule has 1 N–H and O–H groups in total. The van der Waals surface area contributed by atoms with E-state index in [9.17, 15) is 9.90 Å². The fourth-order valence-corrected chi connectivity index (χ4v) is 6.89. The standard InChI is InChI=1S/C25H33NO5/c1-16(27)30-14-6-4-5-11-25-21(28)10-8-18-19-15-17-7-9-20(29-3)23(31-25)22(17)24(18,25)12-13-26(19)2/h7-10,18-19,21,28H,4-6,11-15H2,1-3H3/t18-,19+,21-,24-,25-/m0/s1. The second-order valence-corrected chi connectivity index (χ2v) is 9.60. The molecule has 5 atom stereocenters. The topological polar surface area (TPSA) is 68.2 Å². The number of ether oxygens (including phenoxy) is 3. The second-order valence-electron chi connectivity index (χ2n) is 9.60. The molecule has 1 aromatic carbocycles. The van der Waals surface area contributed by atoms with E-state index in [4.69, 9.17) is 14.2 Å². The maximum atomic E-state index is 11.4. The van der Waals surface area contributed by atoms with Crippen molar-refractivity contribution in [3.8, 4) is 11.5 Å². The number of aliphatic hydroxyl groups is 1. The summed E-state index contributed by atoms with van der Waals surface area (Å²) in [6.07, 6.45) is 8.95. The Bertz CT molecular complexity index is 913. The van der Waals surface area contributed by atoms with Crippen molar-refractivity contribution < 1.29 is 24.1 Å². The van der Waals surface area contributed by atoms with E-state index in [0.29, 0.717) is 18.6 Å². The highest BCUT2D eigenvalue weighted by molar-refractivity contribution is 5.66. The molecule has 6 nitrogen and oxygen atoms in total. The lowest BCUT2D eigenvalue weighted by atomic mass is 9.48. The quantitative estimate of drug-likeness (QED) is 0.410. The van der Waals surface area contributed by atoms with E-state index in [1.165, 1.54) is 18.1 Å². The number of unbranched alkanes of at least 4 members (excludes halogenated alkanes) is 2. The number of hydrogen-bond acceptors (Lipinski definition) is 6. The van der Waals surface area contributed by atoms with Crippen LogP contribution in [0.25, 0.3) is 0 Å². The van der Waals surface area contributed by atoms with Crippen molar-refractivity contribution in [2.24, 2.45) is 5.92 Å². The summed E-state index contributed by atoms with van der Waals surface area (Å²) in [7, 11) is 3.91. The van der Waals surface area contributed by atoms with Gasteiger partial charge >= 0.3 is 5.97 Å². The van der Waals surface area contributed by atoms with Crippen molar-refractivity contribution in [2.75, 3.05) is 27.3 Å². The van der Waals surface area contributed by atoms with Gasteiger partial charge in [0.05, 0.1) is 19.1 Å². The minimum atomic E-state index is -0.681. The van der Waals surface area contributed by atoms with Crippen LogP contribution in [0.15, 0.2) is 24.3 Å². The number of esters is 1. The molecule has 0 radical (unpaired) electrons. The molecular formula is C25H33NO5. The van der Waals surface area contributed by atoms with Gasteiger partial charge in [0.25, 0.3) is 0 Å². The van der Waals surface area contributed by atoms with E-state index in [1.54, 1.807) is 7.11 Å². The van der Waals surface area contributed by atoms with Crippen molar-refractivity contribution in [3.63, 3.8) is 0 Å². The molecule has 1 spiro atoms. The largest absolute Gasteiger partial charge is 0.493 e. The van der Waals surface area contributed by atoms with Gasteiger partial charge in [-0.15, -0.1) is 0 Å². The first-order valence-corrected chi connectivity index (χ1v) is 11.5. The number of likely N-dealkylation sites (tertiary alicyclic amines) is 1. The van der Waals surface area contributed by atoms with Crippen LogP contribution < -0.4 is 9.47 Å². The maximum Gasteiger partial charge on any atom is 0.302 e. The van der Waals surface area contributed by atoms with Crippen molar-refractivity contribution >= 4 is 5.97 Å². The third-order valence-corrected chi connectivity index (χ3v) is 8.23. The Labute approximate surface area is 184 Å². The average Bonchev–Trinajstić information content (AvgIpc) is 3.05. The summed E-state index contributed by atoms with van der Waals surface area (Å²) in [5, 5.41) is 11.4. The first kappa shape index (κ1) is 20.8. The number of carbonyl (C=O) groups is 1. The summed E-state index contributed by atoms with van der Waals surface area (Å²) in [5.74, 6) is 1.69. The van der Waals surface area contributed by atoms with Crippen molar-refractivity contribution in [3.05, 3.63) is 35.4 Å². The summed E-state index contributed by atoms with van der Waals surface area (Å²) in [6.45, 7) is 2.89. The van der Waals surface area contributed by atoms with Gasteiger partial charge in [0, 0.05) is 24.4 Å². The lowest BCUT2D eigenvalue weighted by Crippen LogP contribution is -2.71. The monoisotopic (exact) mass is 427 g/mol. The molecular weight excluding hydrogens is 394 g/mol. The molecule has 31 heavy (non-hydrogen) atoms. The number of carbonyl (C=O) groups excluding carboxylic acids is 1. The van der Waals surface area contributed by atoms with Crippen LogP contribution in [0.4, 0.5) is 0 Å². The van der Waals surface area contributed by atoms with Crippen LogP contribution in [0.1, 0.15) is 50.2 Å². The van der Waals surface area contributed by atoms with Crippen LogP contribution in [0.2, 0.25) is 0 Å². The molecule has 2 aliphatic carbocycles. The lowest BCUT2D eigenvalue weighted by molar-refractivity contribution is -0.141. The smallest absolute Gasteiger partial charge is 0.302 e. The van der Waals surface area contributed by atoms with Crippen molar-refractivity contribution in [1.82, 2.24) is 4.90 Å². The Kier molecular flexibility index (Phi) is 5.05. The second kappa shape index (κ2) is 7.52. The van der Waals surface area contributed by atoms with Crippen LogP contribution in [0, 0.1) is 5.92 Å². The normalized spacial score (nSPS) is 34.8. The predicted octanol–water partition coefficient (Wildman–Crippen LogP) is 2.99. The average molecular weight is 428 g/mol. The number of methoxy groups -OCH3 is 1. The minimum absolute atomic E-state index is 0.230. The Morgan fingerprint density at radius 2 is 2.13 bits per heavy atom. The molecule has 1 saturated heterocycles. The first-order valence-electron chi connectivity index (χ1n) is 11.5. The van der Waals surface area contributed by atoms with E-state index in [-0.39, 0.29) is 11.4 Å². The zero-order valence-corrected chi connectivity index (χ0v) is 18.7. The summed E-state index contributed by atoms with van der Waals surface area (Å²) in [6, 6.07) is 4.63. The summed E-state index contributed by atoms with van der Waals surface area (Å²) < 4.78 is 17.6. The van der Waals surface area contributed by atoms with E-state index >= 15 is 0 Å². The number of benzene rings is 1. The first-order chi connectivity index (χ1) is 14.9. The highest BCUT2D eigenvalue weighted by Gasteiger charge is 2.71. The highest BCUT2D eigenvalue weighted by atomic mass is 16.5. The fraction of sp³-hybridized carbons (Fsp3) is 0.640. The van der Waals surface area contributed by atoms with E-state index < -0.39 is 11.7 Å². The number of rotatable bonds is 7. The Morgan fingerprint density at radius 3 is 2.90 bits per heavy atom. The van der Waals surface area contributed by atoms with Gasteiger partial charge in [-0.3, -0.25) is 4.79 Å². The predicted molar refractivity (Wildman–Crippen MR) is 117 cm³/mol. The van der Waals surface area contributed by atoms with Crippen molar-refractivity contribution in [1.29, 1.82) is 0 Å². The van der Waals surface area contributed by atoms with Gasteiger partial charge in [0.15, 0.2) is 11.5 Å². The molecule has 5 rings (SSSR count). The van der Waals surface area contributed by atoms with Crippen LogP contribution >= 0.6 is 0 Å². The highest BCUT2D eigenvalue weighted by Crippen LogP contribution is 2.67. The van der Waals surface area contributed by atoms with Crippen LogP contribution in [-0.4, -0.2) is 61.0 Å². The zero-order chi connectivity index (χ0) is 21.8. The fourth-order valence-electron chi connectivity index (χ4n) is 6.89. The molecule has 1 aromatic rings. The third kappa shape index (κ3) is 2.80. The number of nitrogens with zero attached hydrogens (tertiary/aromatic N) is 1. The molecule has 1 fully saturated rings. The van der Waals surface area contributed by atoms with Crippen molar-refractivity contribution in [2.45, 2.75) is 68.6 Å². The van der Waals surface area contributed by atoms with E-state index in [0.717, 1.165) is 56.6 Å². The van der Waals surface area contributed by atoms with Gasteiger partial charge in [-0.25, -0.2) is 0 Å². The minimum Gasteiger partial charge on any atom is -0.493 e. The Morgan fingerprint density at radius 1 is 1.29 bits per heavy atom. The molecule has 168 valence electrons. The summed E-state index contributed by atoms with van der Waals surface area (Å²) >= 11 is 0. The van der Waals surface area contributed by atoms with Gasteiger partial charge in [0.2, 0.25) is 0 Å². The molecule has 2 bridgehead atoms. The van der Waals surface area contributed by atoms with Crippen LogP contribution in [0.3, 0.4) is 0 Å². The van der Waals surface area contributed by atoms with Gasteiger partial charge < -0.3 is 24.2 Å². The molecule has 4 aliphatic rings. The molecule has 0 saturated carbocycles. The molecule has 0 unspecified atom stereocenters. The molecule has 0 aromatic heterocycles. The Hall–Kier alpha value is -2.05. The third-order valence-electron chi connectivity index (χ3n) is 8.23. The molecule has 2 heterocycles. The number of piperidine rings is 1. The van der Waals surface area contributed by atoms with E-state index in [2.05, 4.69) is 24.1 Å². The molecule has 2 aliphatic heterocycles. The Balaban J connectivity index is 1.53. The summed E-state index contributed by atoms with van der Waals surface area (Å²) in [5.41, 5.74) is 1.71. The number of aliphatic hydroxyl groups excluding tert-OH is 1. The van der Waals surface area contributed by atoms with Gasteiger partial charge in [-0.05, 0) is 63.7 Å². The van der Waals surface area contributed by atoms with Gasteiger partial charge in [-0.1, -0.05) is 18.2 Å². The maximum absolute atomic E-state index is 11.4. The SMILES string of the molecule is COc1ccc2c3c1O[C@@]1(CCCCCOC(C)=O)[C@@H](O)C=C[C@H]4[C@@H](C2)N(C)CC[C@@]341. The molecule has 0 amide bonds. The van der Waals surface area contributed by atoms with E-state index in [1.807, 2.05) is 12.1 Å². The van der Waals surface area contributed by atoms with Crippen LogP contribution in [0.5, 0.6) is 11.5 Å². The lowest BCUT2D eigenvalue weighted by Gasteiger charge is -2.61. The van der Waals surface area contributed by atoms with Gasteiger partial charge in [-0.2, -0.15) is 0 Å². The van der Waals surface area contributed by atoms with Gasteiger partial charge in [0.1, 0.15) is 11.7 Å². The summed E-state index contributed by atoms with van der Waals surface area (Å²) in [4.78, 5) is 13.5. The molecule has 6 heteroatoms. The zero-order valence-electron chi connectivity index (χ0n) is 18.7. The number of likely N-dealkylation sites (N-methyl/N-ethyl adjacent to an activating group) is 1. The van der Waals surface area contributed by atoms with Crippen LogP contribution in [-0.2, 0) is 21.4 Å².